The number of amidine groups is 2. The fourth-order valence-electron chi connectivity index (χ4n) is 3.73. The average Bonchev–Trinajstić information content (AvgIpc) is 3.15. The summed E-state index contributed by atoms with van der Waals surface area (Å²) < 4.78 is 0. The highest BCUT2D eigenvalue weighted by molar-refractivity contribution is 6.44. The van der Waals surface area contributed by atoms with E-state index in [2.05, 4.69) is 70.1 Å². The van der Waals surface area contributed by atoms with Crippen molar-refractivity contribution >= 4 is 23.6 Å². The molecule has 0 aromatic carbocycles. The summed E-state index contributed by atoms with van der Waals surface area (Å²) in [5, 5.41) is 16.1. The van der Waals surface area contributed by atoms with Gasteiger partial charge in [-0.15, -0.1) is 0 Å². The van der Waals surface area contributed by atoms with Crippen molar-refractivity contribution in [3.63, 3.8) is 0 Å². The van der Waals surface area contributed by atoms with Crippen molar-refractivity contribution in [2.45, 2.75) is 20.3 Å². The number of rotatable bonds is 3. The summed E-state index contributed by atoms with van der Waals surface area (Å²) in [6, 6.07) is 0. The van der Waals surface area contributed by atoms with Crippen molar-refractivity contribution in [3.05, 3.63) is 47.2 Å². The Balaban J connectivity index is 1.53. The molecule has 4 rings (SSSR count). The first-order valence-corrected chi connectivity index (χ1v) is 9.14. The van der Waals surface area contributed by atoms with Gasteiger partial charge in [-0.3, -0.25) is 15.8 Å². The molecule has 0 radical (unpaired) electrons. The van der Waals surface area contributed by atoms with Gasteiger partial charge in [0.15, 0.2) is 5.84 Å². The molecule has 0 fully saturated rings. The Labute approximate surface area is 153 Å². The average molecular weight is 348 g/mol. The molecule has 0 aromatic rings. The molecule has 0 saturated carbocycles. The second-order valence-electron chi connectivity index (χ2n) is 7.18. The van der Waals surface area contributed by atoms with Gasteiger partial charge in [0.25, 0.3) is 0 Å². The van der Waals surface area contributed by atoms with Crippen LogP contribution in [-0.2, 0) is 0 Å². The summed E-state index contributed by atoms with van der Waals surface area (Å²) in [4.78, 5) is 8.73. The van der Waals surface area contributed by atoms with Crippen LogP contribution in [0.4, 0.5) is 0 Å². The number of hydrogen-bond acceptors (Lipinski definition) is 5. The Morgan fingerprint density at radius 3 is 3.00 bits per heavy atom. The number of aliphatic imine (C=N–C) groups is 2. The van der Waals surface area contributed by atoms with E-state index in [1.165, 1.54) is 11.1 Å². The highest BCUT2D eigenvalue weighted by Gasteiger charge is 2.30. The Morgan fingerprint density at radius 2 is 2.23 bits per heavy atom. The Morgan fingerprint density at radius 1 is 1.35 bits per heavy atom. The molecule has 0 saturated heterocycles. The maximum Gasteiger partial charge on any atom is 0.168 e. The zero-order valence-corrected chi connectivity index (χ0v) is 15.2. The van der Waals surface area contributed by atoms with Gasteiger partial charge in [-0.25, -0.2) is 4.99 Å². The first kappa shape index (κ1) is 16.7. The monoisotopic (exact) mass is 348 g/mol. The van der Waals surface area contributed by atoms with E-state index in [1.807, 2.05) is 6.21 Å². The third-order valence-corrected chi connectivity index (χ3v) is 5.16. The zero-order chi connectivity index (χ0) is 18.1. The van der Waals surface area contributed by atoms with E-state index in [0.717, 1.165) is 31.0 Å². The van der Waals surface area contributed by atoms with Crippen molar-refractivity contribution in [3.8, 4) is 0 Å². The quantitative estimate of drug-likeness (QED) is 0.685. The summed E-state index contributed by atoms with van der Waals surface area (Å²) in [6.45, 7) is 6.06. The summed E-state index contributed by atoms with van der Waals surface area (Å²) in [5.74, 6) is 1.92. The second-order valence-corrected chi connectivity index (χ2v) is 7.18. The minimum Gasteiger partial charge on any atom is -0.368 e. The topological polar surface area (TPSA) is 85.0 Å². The molecule has 0 aromatic heterocycles. The first-order chi connectivity index (χ1) is 12.6. The molecule has 26 heavy (non-hydrogen) atoms. The number of nitrogens with zero attached hydrogens (tertiary/aromatic N) is 3. The van der Waals surface area contributed by atoms with E-state index >= 15 is 0 Å². The molecule has 3 unspecified atom stereocenters. The molecule has 6 nitrogen and oxygen atoms in total. The molecular weight excluding hydrogens is 324 g/mol. The van der Waals surface area contributed by atoms with Gasteiger partial charge in [-0.1, -0.05) is 36.8 Å². The van der Waals surface area contributed by atoms with Crippen molar-refractivity contribution in [1.29, 1.82) is 5.41 Å². The lowest BCUT2D eigenvalue weighted by atomic mass is 9.81. The van der Waals surface area contributed by atoms with Gasteiger partial charge in [0.1, 0.15) is 11.5 Å². The highest BCUT2D eigenvalue weighted by atomic mass is 15.3. The Hall–Kier alpha value is -2.76. The fourth-order valence-corrected chi connectivity index (χ4v) is 3.73. The van der Waals surface area contributed by atoms with Crippen molar-refractivity contribution in [2.75, 3.05) is 13.1 Å². The largest absolute Gasteiger partial charge is 0.368 e. The second kappa shape index (κ2) is 6.86. The van der Waals surface area contributed by atoms with Crippen LogP contribution in [0.3, 0.4) is 0 Å². The van der Waals surface area contributed by atoms with Gasteiger partial charge in [0.05, 0.1) is 6.54 Å². The normalized spacial score (nSPS) is 31.7. The molecule has 0 amide bonds. The van der Waals surface area contributed by atoms with Crippen molar-refractivity contribution < 1.29 is 0 Å². The number of hydrogen-bond donors (Lipinski definition) is 3. The lowest BCUT2D eigenvalue weighted by Gasteiger charge is -2.27. The third kappa shape index (κ3) is 3.19. The summed E-state index contributed by atoms with van der Waals surface area (Å²) in [7, 11) is 0. The maximum atomic E-state index is 8.16. The summed E-state index contributed by atoms with van der Waals surface area (Å²) >= 11 is 0. The Bertz CT molecular complexity index is 836. The van der Waals surface area contributed by atoms with Crippen molar-refractivity contribution in [1.82, 2.24) is 10.7 Å². The van der Waals surface area contributed by atoms with E-state index < -0.39 is 0 Å². The number of allylic oxidation sites excluding steroid dienone is 7. The van der Waals surface area contributed by atoms with E-state index in [4.69, 9.17) is 5.41 Å². The van der Waals surface area contributed by atoms with E-state index in [0.29, 0.717) is 11.6 Å². The van der Waals surface area contributed by atoms with Crippen LogP contribution in [-0.4, -0.2) is 36.7 Å². The van der Waals surface area contributed by atoms with Crippen LogP contribution in [0.1, 0.15) is 20.3 Å². The number of hydrazone groups is 1. The summed E-state index contributed by atoms with van der Waals surface area (Å²) in [5.41, 5.74) is 7.40. The van der Waals surface area contributed by atoms with Gasteiger partial charge in [0, 0.05) is 30.3 Å². The van der Waals surface area contributed by atoms with Gasteiger partial charge < -0.3 is 5.32 Å². The van der Waals surface area contributed by atoms with Crippen LogP contribution in [0, 0.1) is 23.2 Å². The van der Waals surface area contributed by atoms with Gasteiger partial charge in [-0.05, 0) is 30.9 Å². The Kier molecular flexibility index (Phi) is 4.41. The van der Waals surface area contributed by atoms with Crippen LogP contribution in [0.15, 0.2) is 62.3 Å². The van der Waals surface area contributed by atoms with Gasteiger partial charge in [-0.2, -0.15) is 5.10 Å². The number of nitrogens with one attached hydrogen (secondary N) is 3. The molecular formula is C20H24N6. The highest BCUT2D eigenvalue weighted by Crippen LogP contribution is 2.28. The first-order valence-electron chi connectivity index (χ1n) is 9.14. The predicted octanol–water partition coefficient (Wildman–Crippen LogP) is 2.59. The minimum absolute atomic E-state index is 0.0854. The molecule has 2 aliphatic carbocycles. The van der Waals surface area contributed by atoms with Crippen LogP contribution in [0.2, 0.25) is 0 Å². The third-order valence-electron chi connectivity index (χ3n) is 5.16. The van der Waals surface area contributed by atoms with Crippen LogP contribution in [0.25, 0.3) is 0 Å². The molecule has 0 spiro atoms. The molecule has 6 heteroatoms. The van der Waals surface area contributed by atoms with E-state index in [9.17, 15) is 0 Å². The standard InChI is InChI=1S/C20H24N6/c1-12-3-4-14-11-24-19(21)18(17(14)9-12)26-25-15-5-6-16(13(2)10-15)20-22-7-8-23-20/h3-6,9,11,13-14,17,21,25H,7-8,10H2,1-2H3,(H,22,23). The molecule has 3 N–H and O–H groups in total. The van der Waals surface area contributed by atoms with Crippen LogP contribution < -0.4 is 10.7 Å². The number of fused-ring (bicyclic) bond motifs is 1. The SMILES string of the molecule is CC1=CC2C(=NNC3=CC=C(C4=NCCN4)C(C)C3)C(=N)N=CC2C=C1. The summed E-state index contributed by atoms with van der Waals surface area (Å²) in [6.07, 6.45) is 13.3. The lowest BCUT2D eigenvalue weighted by Crippen LogP contribution is -2.35. The molecule has 4 aliphatic rings. The molecule has 134 valence electrons. The maximum absolute atomic E-state index is 8.16. The van der Waals surface area contributed by atoms with Crippen molar-refractivity contribution in [2.24, 2.45) is 32.8 Å². The van der Waals surface area contributed by atoms with Crippen LogP contribution >= 0.6 is 0 Å². The smallest absolute Gasteiger partial charge is 0.168 e. The van der Waals surface area contributed by atoms with Gasteiger partial charge >= 0.3 is 0 Å². The minimum atomic E-state index is 0.0854. The van der Waals surface area contributed by atoms with E-state index in [1.54, 1.807) is 0 Å². The predicted molar refractivity (Wildman–Crippen MR) is 107 cm³/mol. The molecule has 2 aliphatic heterocycles. The van der Waals surface area contributed by atoms with Crippen LogP contribution in [0.5, 0.6) is 0 Å². The van der Waals surface area contributed by atoms with E-state index in [-0.39, 0.29) is 17.7 Å². The zero-order valence-electron chi connectivity index (χ0n) is 15.2. The van der Waals surface area contributed by atoms with Gasteiger partial charge in [0.2, 0.25) is 0 Å². The molecule has 2 heterocycles. The molecule has 3 atom stereocenters. The lowest BCUT2D eigenvalue weighted by molar-refractivity contribution is 0.634. The fraction of sp³-hybridized carbons (Fsp3) is 0.400. The molecule has 0 bridgehead atoms.